The van der Waals surface area contributed by atoms with Crippen LogP contribution < -0.4 is 5.32 Å². The highest BCUT2D eigenvalue weighted by atomic mass is 16.3. The van der Waals surface area contributed by atoms with Crippen molar-refractivity contribution in [2.75, 3.05) is 13.2 Å². The van der Waals surface area contributed by atoms with Crippen LogP contribution in [-0.2, 0) is 0 Å². The van der Waals surface area contributed by atoms with Gasteiger partial charge in [-0.1, -0.05) is 0 Å². The Morgan fingerprint density at radius 2 is 2.07 bits per heavy atom. The summed E-state index contributed by atoms with van der Waals surface area (Å²) in [6.45, 7) is 3.87. The van der Waals surface area contributed by atoms with Crippen molar-refractivity contribution in [3.8, 4) is 0 Å². The van der Waals surface area contributed by atoms with Crippen molar-refractivity contribution >= 4 is 0 Å². The lowest BCUT2D eigenvalue weighted by Gasteiger charge is -2.21. The topological polar surface area (TPSA) is 65.4 Å². The van der Waals surface area contributed by atoms with E-state index in [1.54, 1.807) is 12.4 Å². The highest BCUT2D eigenvalue weighted by molar-refractivity contribution is 5.24. The maximum absolute atomic E-state index is 8.95. The predicted molar refractivity (Wildman–Crippen MR) is 58.5 cm³/mol. The summed E-state index contributed by atoms with van der Waals surface area (Å²) in [4.78, 5) is 4.06. The van der Waals surface area contributed by atoms with Crippen molar-refractivity contribution in [1.82, 2.24) is 10.3 Å². The molecule has 1 atom stereocenters. The molecule has 0 saturated carbocycles. The van der Waals surface area contributed by atoms with Gasteiger partial charge in [-0.3, -0.25) is 4.98 Å². The van der Waals surface area contributed by atoms with Crippen LogP contribution in [0.1, 0.15) is 24.1 Å². The first-order chi connectivity index (χ1) is 7.19. The number of aliphatic hydroxyl groups excluding tert-OH is 2. The van der Waals surface area contributed by atoms with Crippen molar-refractivity contribution in [3.05, 3.63) is 29.6 Å². The number of aliphatic hydroxyl groups is 2. The van der Waals surface area contributed by atoms with E-state index in [1.165, 1.54) is 0 Å². The molecule has 1 unspecified atom stereocenters. The van der Waals surface area contributed by atoms with Crippen LogP contribution >= 0.6 is 0 Å². The quantitative estimate of drug-likeness (QED) is 0.658. The first kappa shape index (κ1) is 12.1. The van der Waals surface area contributed by atoms with E-state index in [1.807, 2.05) is 19.9 Å². The minimum absolute atomic E-state index is 0.0693. The summed E-state index contributed by atoms with van der Waals surface area (Å²) in [6.07, 6.45) is 3.56. The van der Waals surface area contributed by atoms with Crippen molar-refractivity contribution in [3.63, 3.8) is 0 Å². The van der Waals surface area contributed by atoms with Crippen LogP contribution in [0.5, 0.6) is 0 Å². The summed E-state index contributed by atoms with van der Waals surface area (Å²) in [5, 5.41) is 21.0. The van der Waals surface area contributed by atoms with E-state index in [2.05, 4.69) is 10.3 Å². The van der Waals surface area contributed by atoms with Gasteiger partial charge in [-0.15, -0.1) is 0 Å². The molecule has 0 aliphatic heterocycles. The first-order valence-electron chi connectivity index (χ1n) is 5.07. The van der Waals surface area contributed by atoms with E-state index < -0.39 is 0 Å². The second-order valence-electron chi connectivity index (χ2n) is 3.68. The molecule has 1 rings (SSSR count). The zero-order valence-corrected chi connectivity index (χ0v) is 9.14. The number of hydrogen-bond acceptors (Lipinski definition) is 4. The number of pyridine rings is 1. The molecule has 0 bridgehead atoms. The molecule has 0 saturated heterocycles. The summed E-state index contributed by atoms with van der Waals surface area (Å²) in [5.74, 6) is 0. The van der Waals surface area contributed by atoms with Crippen LogP contribution in [0.4, 0.5) is 0 Å². The van der Waals surface area contributed by atoms with Gasteiger partial charge in [0.1, 0.15) is 0 Å². The van der Waals surface area contributed by atoms with Gasteiger partial charge in [0.25, 0.3) is 0 Å². The van der Waals surface area contributed by atoms with E-state index >= 15 is 0 Å². The summed E-state index contributed by atoms with van der Waals surface area (Å²) < 4.78 is 0. The maximum Gasteiger partial charge on any atom is 0.0607 e. The zero-order chi connectivity index (χ0) is 11.3. The number of nitrogens with one attached hydrogen (secondary N) is 1. The van der Waals surface area contributed by atoms with Gasteiger partial charge in [0, 0.05) is 18.4 Å². The largest absolute Gasteiger partial charge is 0.395 e. The van der Waals surface area contributed by atoms with Gasteiger partial charge in [-0.05, 0) is 31.0 Å². The smallest absolute Gasteiger partial charge is 0.0607 e. The fraction of sp³-hybridized carbons (Fsp3) is 0.545. The number of nitrogens with zero attached hydrogens (tertiary/aromatic N) is 1. The summed E-state index contributed by atoms with van der Waals surface area (Å²) in [7, 11) is 0. The van der Waals surface area contributed by atoms with Gasteiger partial charge in [-0.25, -0.2) is 0 Å². The highest BCUT2D eigenvalue weighted by Crippen LogP contribution is 2.15. The van der Waals surface area contributed by atoms with Crippen molar-refractivity contribution < 1.29 is 10.2 Å². The van der Waals surface area contributed by atoms with E-state index in [4.69, 9.17) is 10.2 Å². The van der Waals surface area contributed by atoms with Gasteiger partial charge in [-0.2, -0.15) is 0 Å². The fourth-order valence-electron chi connectivity index (χ4n) is 1.54. The average Bonchev–Trinajstić information content (AvgIpc) is 2.26. The third kappa shape index (κ3) is 3.27. The molecule has 0 aliphatic rings. The second kappa shape index (κ2) is 5.80. The molecule has 1 aromatic heterocycles. The number of aryl methyl sites for hydroxylation is 1. The Bertz CT molecular complexity index is 300. The predicted octanol–water partition coefficient (Wildman–Crippen LogP) is 0.394. The Morgan fingerprint density at radius 3 is 2.60 bits per heavy atom. The van der Waals surface area contributed by atoms with Crippen LogP contribution in [0.25, 0.3) is 0 Å². The zero-order valence-electron chi connectivity index (χ0n) is 9.14. The van der Waals surface area contributed by atoms with Crippen LogP contribution in [-0.4, -0.2) is 34.5 Å². The Morgan fingerprint density at radius 1 is 1.40 bits per heavy atom. The van der Waals surface area contributed by atoms with E-state index in [-0.39, 0.29) is 25.3 Å². The molecule has 4 nitrogen and oxygen atoms in total. The Hall–Kier alpha value is -0.970. The van der Waals surface area contributed by atoms with Gasteiger partial charge >= 0.3 is 0 Å². The summed E-state index contributed by atoms with van der Waals surface area (Å²) in [6, 6.07) is 1.74. The Labute approximate surface area is 90.0 Å². The molecular weight excluding hydrogens is 192 g/mol. The number of hydrogen-bond donors (Lipinski definition) is 3. The molecule has 0 radical (unpaired) electrons. The lowest BCUT2D eigenvalue weighted by molar-refractivity contribution is 0.163. The summed E-state index contributed by atoms with van der Waals surface area (Å²) in [5.41, 5.74) is 2.24. The molecule has 0 aliphatic carbocycles. The average molecular weight is 210 g/mol. The van der Waals surface area contributed by atoms with Gasteiger partial charge < -0.3 is 15.5 Å². The molecular formula is C11H18N2O2. The molecule has 15 heavy (non-hydrogen) atoms. The standard InChI is InChI=1S/C11H18N2O2/c1-8-3-4-12-5-11(8)9(2)13-10(6-14)7-15/h3-5,9-10,13-15H,6-7H2,1-2H3. The Kier molecular flexibility index (Phi) is 4.68. The number of aromatic nitrogens is 1. The molecule has 1 aromatic rings. The lowest BCUT2D eigenvalue weighted by atomic mass is 10.0. The van der Waals surface area contributed by atoms with Crippen LogP contribution in [0, 0.1) is 6.92 Å². The molecule has 0 aromatic carbocycles. The van der Waals surface area contributed by atoms with Crippen LogP contribution in [0.3, 0.4) is 0 Å². The monoisotopic (exact) mass is 210 g/mol. The lowest BCUT2D eigenvalue weighted by Crippen LogP contribution is -2.37. The maximum atomic E-state index is 8.95. The molecule has 0 fully saturated rings. The molecule has 0 amide bonds. The molecule has 84 valence electrons. The van der Waals surface area contributed by atoms with E-state index in [0.717, 1.165) is 11.1 Å². The third-order valence-electron chi connectivity index (χ3n) is 2.47. The molecule has 0 spiro atoms. The second-order valence-corrected chi connectivity index (χ2v) is 3.68. The SMILES string of the molecule is Cc1ccncc1C(C)NC(CO)CO. The van der Waals surface area contributed by atoms with Crippen molar-refractivity contribution in [2.45, 2.75) is 25.9 Å². The highest BCUT2D eigenvalue weighted by Gasteiger charge is 2.13. The van der Waals surface area contributed by atoms with E-state index in [0.29, 0.717) is 0 Å². The number of rotatable bonds is 5. The van der Waals surface area contributed by atoms with Gasteiger partial charge in [0.2, 0.25) is 0 Å². The fourth-order valence-corrected chi connectivity index (χ4v) is 1.54. The van der Waals surface area contributed by atoms with Crippen LogP contribution in [0.2, 0.25) is 0 Å². The van der Waals surface area contributed by atoms with Crippen molar-refractivity contribution in [1.29, 1.82) is 0 Å². The molecule has 4 heteroatoms. The normalized spacial score (nSPS) is 13.1. The van der Waals surface area contributed by atoms with Gasteiger partial charge in [0.05, 0.1) is 19.3 Å². The minimum Gasteiger partial charge on any atom is -0.395 e. The minimum atomic E-state index is -0.278. The summed E-state index contributed by atoms with van der Waals surface area (Å²) >= 11 is 0. The van der Waals surface area contributed by atoms with Crippen LogP contribution in [0.15, 0.2) is 18.5 Å². The molecule has 3 N–H and O–H groups in total. The first-order valence-corrected chi connectivity index (χ1v) is 5.07. The third-order valence-corrected chi connectivity index (χ3v) is 2.47. The molecule has 1 heterocycles. The van der Waals surface area contributed by atoms with Gasteiger partial charge in [0.15, 0.2) is 0 Å². The van der Waals surface area contributed by atoms with E-state index in [9.17, 15) is 0 Å². The van der Waals surface area contributed by atoms with Crippen molar-refractivity contribution in [2.24, 2.45) is 0 Å². The Balaban J connectivity index is 2.68.